The van der Waals surface area contributed by atoms with Gasteiger partial charge in [0, 0.05) is 37.2 Å². The minimum Gasteiger partial charge on any atom is -0.399 e. The van der Waals surface area contributed by atoms with Gasteiger partial charge in [-0.2, -0.15) is 4.31 Å². The molecule has 2 aliphatic heterocycles. The summed E-state index contributed by atoms with van der Waals surface area (Å²) in [6.45, 7) is 3.40. The molecule has 0 bridgehead atoms. The van der Waals surface area contributed by atoms with Crippen molar-refractivity contribution in [3.63, 3.8) is 0 Å². The quantitative estimate of drug-likeness (QED) is 0.361. The third kappa shape index (κ3) is 5.45. The highest BCUT2D eigenvalue weighted by Gasteiger charge is 2.58. The zero-order valence-corrected chi connectivity index (χ0v) is 24.1. The van der Waals surface area contributed by atoms with Crippen molar-refractivity contribution in [1.82, 2.24) is 4.31 Å². The van der Waals surface area contributed by atoms with Crippen LogP contribution in [0.25, 0.3) is 0 Å². The fourth-order valence-electron chi connectivity index (χ4n) is 5.52. The van der Waals surface area contributed by atoms with Crippen LogP contribution in [0, 0.1) is 23.6 Å². The Labute approximate surface area is 239 Å². The molecule has 0 N–H and O–H groups in total. The van der Waals surface area contributed by atoms with Gasteiger partial charge in [-0.25, -0.2) is 17.6 Å². The summed E-state index contributed by atoms with van der Waals surface area (Å²) < 4.78 is 54.8. The molecule has 2 unspecified atom stereocenters. The van der Waals surface area contributed by atoms with Crippen molar-refractivity contribution in [2.24, 2.45) is 17.8 Å². The molecule has 1 amide bonds. The van der Waals surface area contributed by atoms with Crippen LogP contribution in [0.2, 0.25) is 0 Å². The number of sulfonamides is 1. The van der Waals surface area contributed by atoms with Crippen molar-refractivity contribution in [1.29, 1.82) is 0 Å². The van der Waals surface area contributed by atoms with Gasteiger partial charge >= 0.3 is 6.09 Å². The minimum absolute atomic E-state index is 0.0965. The smallest absolute Gasteiger partial charge is 0.399 e. The third-order valence-electron chi connectivity index (χ3n) is 7.68. The van der Waals surface area contributed by atoms with Crippen LogP contribution >= 0.6 is 27.3 Å². The van der Waals surface area contributed by atoms with Crippen LogP contribution in [-0.4, -0.2) is 64.8 Å². The summed E-state index contributed by atoms with van der Waals surface area (Å²) in [5, 5.41) is 2.27. The number of amides is 1. The molecule has 2 atom stereocenters. The van der Waals surface area contributed by atoms with E-state index in [4.69, 9.17) is 9.47 Å². The maximum Gasteiger partial charge on any atom is 0.420 e. The number of hydrogen-bond acceptors (Lipinski definition) is 7. The number of carbonyl (C=O) groups is 1. The number of hydrogen-bond donors (Lipinski definition) is 0. The van der Waals surface area contributed by atoms with Crippen LogP contribution < -0.4 is 14.5 Å². The molecule has 3 heterocycles. The molecule has 3 aromatic rings. The molecule has 1 aromatic heterocycles. The number of piperidine rings is 1. The fraction of sp³-hybridized carbons (Fsp3) is 0.370. The number of rotatable bonds is 7. The number of anilines is 2. The Bertz CT molecular complexity index is 1440. The summed E-state index contributed by atoms with van der Waals surface area (Å²) in [7, 11) is -3.59. The number of halogens is 2. The van der Waals surface area contributed by atoms with Crippen LogP contribution in [0.3, 0.4) is 0 Å². The number of nitrogens with zero attached hydrogens (tertiary/aromatic N) is 3. The van der Waals surface area contributed by atoms with Crippen molar-refractivity contribution >= 4 is 54.8 Å². The second kappa shape index (κ2) is 10.8. The predicted molar refractivity (Wildman–Crippen MR) is 150 cm³/mol. The van der Waals surface area contributed by atoms with Crippen LogP contribution in [0.15, 0.2) is 69.3 Å². The highest BCUT2D eigenvalue weighted by Crippen LogP contribution is 2.53. The lowest BCUT2D eigenvalue weighted by atomic mass is 10.2. The topological polar surface area (TPSA) is 79.4 Å². The summed E-state index contributed by atoms with van der Waals surface area (Å²) in [6.07, 6.45) is -0.583. The molecule has 8 nitrogen and oxygen atoms in total. The van der Waals surface area contributed by atoms with E-state index in [0.29, 0.717) is 62.4 Å². The Morgan fingerprint density at radius 3 is 2.46 bits per heavy atom. The number of ether oxygens (including phenoxy) is 2. The van der Waals surface area contributed by atoms with Gasteiger partial charge in [0.1, 0.15) is 5.82 Å². The number of carbonyl (C=O) groups excluding carboxylic acids is 1. The van der Waals surface area contributed by atoms with Crippen LogP contribution in [-0.2, 0) is 14.8 Å². The number of thiophene rings is 1. The first kappa shape index (κ1) is 26.7. The SMILES string of the molecule is O=C(Oc1cccs1)N(CC1C2CN(S(=O)(=O)c3ccc(Br)cc3)CC12)c1ccc(N2CCOCC2)c(F)c1. The molecule has 0 radical (unpaired) electrons. The van der Waals surface area contributed by atoms with E-state index >= 15 is 4.39 Å². The Kier molecular flexibility index (Phi) is 7.40. The van der Waals surface area contributed by atoms with E-state index in [-0.39, 0.29) is 22.6 Å². The largest absolute Gasteiger partial charge is 0.420 e. The Balaban J connectivity index is 1.18. The van der Waals surface area contributed by atoms with Gasteiger partial charge in [0.05, 0.1) is 29.5 Å². The van der Waals surface area contributed by atoms with E-state index in [1.807, 2.05) is 10.3 Å². The van der Waals surface area contributed by atoms with E-state index in [1.54, 1.807) is 48.5 Å². The van der Waals surface area contributed by atoms with Gasteiger partial charge in [-0.05, 0) is 77.7 Å². The third-order valence-corrected chi connectivity index (χ3v) is 10.8. The van der Waals surface area contributed by atoms with E-state index in [2.05, 4.69) is 15.9 Å². The zero-order chi connectivity index (χ0) is 27.1. The first-order chi connectivity index (χ1) is 18.8. The van der Waals surface area contributed by atoms with E-state index < -0.39 is 21.9 Å². The zero-order valence-electron chi connectivity index (χ0n) is 20.9. The number of fused-ring (bicyclic) bond motifs is 1. The molecule has 3 aliphatic rings. The lowest BCUT2D eigenvalue weighted by molar-refractivity contribution is 0.122. The first-order valence-electron chi connectivity index (χ1n) is 12.7. The highest BCUT2D eigenvalue weighted by molar-refractivity contribution is 9.10. The van der Waals surface area contributed by atoms with Gasteiger partial charge < -0.3 is 14.4 Å². The van der Waals surface area contributed by atoms with Crippen molar-refractivity contribution < 1.29 is 27.1 Å². The normalized spacial score (nSPS) is 22.9. The maximum absolute atomic E-state index is 15.3. The van der Waals surface area contributed by atoms with Gasteiger partial charge in [0.15, 0.2) is 5.06 Å². The summed E-state index contributed by atoms with van der Waals surface area (Å²) >= 11 is 4.64. The Morgan fingerprint density at radius 2 is 1.82 bits per heavy atom. The van der Waals surface area contributed by atoms with Crippen molar-refractivity contribution in [2.75, 3.05) is 55.7 Å². The lowest BCUT2D eigenvalue weighted by Crippen LogP contribution is -2.38. The molecule has 0 spiro atoms. The molecule has 12 heteroatoms. The average Bonchev–Trinajstić information content (AvgIpc) is 3.28. The summed E-state index contributed by atoms with van der Waals surface area (Å²) in [5.74, 6) is -0.0558. The van der Waals surface area contributed by atoms with E-state index in [9.17, 15) is 13.2 Å². The summed E-state index contributed by atoms with van der Waals surface area (Å²) in [5.41, 5.74) is 0.890. The molecular weight excluding hydrogens is 609 g/mol. The van der Waals surface area contributed by atoms with Crippen LogP contribution in [0.4, 0.5) is 20.6 Å². The molecule has 2 saturated heterocycles. The molecule has 39 heavy (non-hydrogen) atoms. The van der Waals surface area contributed by atoms with E-state index in [0.717, 1.165) is 4.47 Å². The Morgan fingerprint density at radius 1 is 1.10 bits per heavy atom. The molecule has 3 fully saturated rings. The molecule has 1 aliphatic carbocycles. The minimum atomic E-state index is -3.59. The molecular formula is C27H27BrFN3O5S2. The fourth-order valence-corrected chi connectivity index (χ4v) is 7.86. The van der Waals surface area contributed by atoms with Gasteiger partial charge in [-0.3, -0.25) is 4.90 Å². The van der Waals surface area contributed by atoms with Gasteiger partial charge in [-0.15, -0.1) is 11.3 Å². The van der Waals surface area contributed by atoms with Crippen molar-refractivity contribution in [3.8, 4) is 5.06 Å². The summed E-state index contributed by atoms with van der Waals surface area (Å²) in [4.78, 5) is 17.0. The van der Waals surface area contributed by atoms with Crippen LogP contribution in [0.5, 0.6) is 5.06 Å². The number of morpholine rings is 1. The monoisotopic (exact) mass is 635 g/mol. The van der Waals surface area contributed by atoms with Crippen molar-refractivity contribution in [2.45, 2.75) is 4.90 Å². The van der Waals surface area contributed by atoms with Gasteiger partial charge in [0.25, 0.3) is 0 Å². The van der Waals surface area contributed by atoms with E-state index in [1.165, 1.54) is 26.6 Å². The molecule has 6 rings (SSSR count). The second-order valence-electron chi connectivity index (χ2n) is 9.91. The average molecular weight is 637 g/mol. The highest BCUT2D eigenvalue weighted by atomic mass is 79.9. The first-order valence-corrected chi connectivity index (χ1v) is 15.8. The lowest BCUT2D eigenvalue weighted by Gasteiger charge is -2.30. The van der Waals surface area contributed by atoms with Crippen molar-refractivity contribution in [3.05, 3.63) is 70.3 Å². The molecule has 2 aromatic carbocycles. The standard InChI is InChI=1S/C27H27BrFN3O5S2/c28-18-3-6-20(7-4-18)39(34,35)31-15-21-22(16-31)23(21)17-32(27(33)37-26-2-1-13-38-26)19-5-8-25(24(29)14-19)30-9-11-36-12-10-30/h1-8,13-14,21-23H,9-12,15-17H2. The number of benzene rings is 2. The maximum atomic E-state index is 15.3. The van der Waals surface area contributed by atoms with Crippen LogP contribution in [0.1, 0.15) is 0 Å². The van der Waals surface area contributed by atoms with Gasteiger partial charge in [0.2, 0.25) is 10.0 Å². The molecule has 1 saturated carbocycles. The summed E-state index contributed by atoms with van der Waals surface area (Å²) in [6, 6.07) is 14.9. The van der Waals surface area contributed by atoms with Gasteiger partial charge in [-0.1, -0.05) is 15.9 Å². The Hall–Kier alpha value is -2.51. The predicted octanol–water partition coefficient (Wildman–Crippen LogP) is 5.06. The second-order valence-corrected chi connectivity index (χ2v) is 13.7. The molecule has 206 valence electrons.